The van der Waals surface area contributed by atoms with Gasteiger partial charge in [0.1, 0.15) is 12.3 Å². The Balaban J connectivity index is 1.32. The summed E-state index contributed by atoms with van der Waals surface area (Å²) in [5.41, 5.74) is -0.491. The molecule has 10 nitrogen and oxygen atoms in total. The maximum atomic E-state index is 13.8. The van der Waals surface area contributed by atoms with Gasteiger partial charge in [0, 0.05) is 30.6 Å². The quantitative estimate of drug-likeness (QED) is 0.577. The number of halogens is 1. The van der Waals surface area contributed by atoms with Crippen LogP contribution in [0, 0.1) is 23.2 Å². The topological polar surface area (TPSA) is 138 Å². The maximum Gasteiger partial charge on any atom is 0.240 e. The molecule has 1 spiro atoms. The summed E-state index contributed by atoms with van der Waals surface area (Å²) < 4.78 is 42.4. The lowest BCUT2D eigenvalue weighted by molar-refractivity contribution is -0.143. The number of nitriles is 1. The Hall–Kier alpha value is -3.01. The molecule has 38 heavy (non-hydrogen) atoms. The third kappa shape index (κ3) is 3.59. The van der Waals surface area contributed by atoms with Crippen LogP contribution in [0.3, 0.4) is 0 Å². The first-order chi connectivity index (χ1) is 18.0. The van der Waals surface area contributed by atoms with Crippen LogP contribution >= 0.6 is 11.6 Å². The zero-order valence-electron chi connectivity index (χ0n) is 20.6. The van der Waals surface area contributed by atoms with Crippen molar-refractivity contribution in [2.24, 2.45) is 11.8 Å². The second-order valence-electron chi connectivity index (χ2n) is 10.5. The number of anilines is 2. The third-order valence-electron chi connectivity index (χ3n) is 8.18. The summed E-state index contributed by atoms with van der Waals surface area (Å²) in [6.07, 6.45) is 0.110. The Bertz CT molecular complexity index is 1510. The standard InChI is InChI=1S/C26H25ClN4O6S/c1-14(32)29-16-4-7-18(8-5-16)38(34,35)30-20-12-25(2)21-22-24(36-10-9-26(20,22)37-25)31(23(21)33)17-6-3-15(13-28)19(27)11-17/h3-8,11,20-22,24,30H,9-10,12H2,1-2H3,(H,29,32)/t20-,21+,22-,24-,25+,26-/m0/s1. The number of sulfonamides is 1. The number of nitrogens with zero attached hydrogens (tertiary/aromatic N) is 2. The summed E-state index contributed by atoms with van der Waals surface area (Å²) in [6.45, 7) is 3.51. The number of amides is 2. The van der Waals surface area contributed by atoms with Gasteiger partial charge in [-0.1, -0.05) is 11.6 Å². The summed E-state index contributed by atoms with van der Waals surface area (Å²) in [5.74, 6) is -1.33. The zero-order valence-corrected chi connectivity index (χ0v) is 22.2. The van der Waals surface area contributed by atoms with E-state index in [2.05, 4.69) is 10.0 Å². The van der Waals surface area contributed by atoms with Gasteiger partial charge in [0.2, 0.25) is 21.8 Å². The van der Waals surface area contributed by atoms with Crippen molar-refractivity contribution < 1.29 is 27.5 Å². The molecule has 0 saturated carbocycles. The summed E-state index contributed by atoms with van der Waals surface area (Å²) in [5, 5.41) is 12.1. The molecule has 2 amide bonds. The molecule has 12 heteroatoms. The van der Waals surface area contributed by atoms with Crippen LogP contribution in [0.15, 0.2) is 47.4 Å². The van der Waals surface area contributed by atoms with Crippen LogP contribution in [-0.2, 0) is 29.1 Å². The lowest BCUT2D eigenvalue weighted by Gasteiger charge is -2.45. The van der Waals surface area contributed by atoms with Crippen LogP contribution in [0.1, 0.15) is 32.3 Å². The van der Waals surface area contributed by atoms with Gasteiger partial charge in [-0.15, -0.1) is 0 Å². The maximum absolute atomic E-state index is 13.8. The second-order valence-corrected chi connectivity index (χ2v) is 12.6. The van der Waals surface area contributed by atoms with E-state index in [-0.39, 0.29) is 28.3 Å². The monoisotopic (exact) mass is 556 g/mol. The van der Waals surface area contributed by atoms with Gasteiger partial charge in [-0.2, -0.15) is 5.26 Å². The van der Waals surface area contributed by atoms with E-state index in [4.69, 9.17) is 21.1 Å². The van der Waals surface area contributed by atoms with Gasteiger partial charge in [-0.05, 0) is 55.8 Å². The Labute approximate surface area is 224 Å². The molecule has 4 heterocycles. The van der Waals surface area contributed by atoms with Crippen molar-refractivity contribution >= 4 is 44.8 Å². The van der Waals surface area contributed by atoms with Crippen molar-refractivity contribution in [1.29, 1.82) is 5.26 Å². The van der Waals surface area contributed by atoms with Gasteiger partial charge < -0.3 is 14.8 Å². The number of rotatable bonds is 5. The van der Waals surface area contributed by atoms with E-state index in [1.807, 2.05) is 13.0 Å². The first-order valence-electron chi connectivity index (χ1n) is 12.2. The molecular weight excluding hydrogens is 532 g/mol. The molecule has 2 aromatic rings. The fourth-order valence-electron chi connectivity index (χ4n) is 6.78. The molecule has 6 atom stereocenters. The highest BCUT2D eigenvalue weighted by Crippen LogP contribution is 2.65. The van der Waals surface area contributed by atoms with Crippen molar-refractivity contribution in [3.05, 3.63) is 53.1 Å². The predicted molar refractivity (Wildman–Crippen MR) is 137 cm³/mol. The number of ether oxygens (including phenoxy) is 2. The third-order valence-corrected chi connectivity index (χ3v) is 9.98. The van der Waals surface area contributed by atoms with Crippen molar-refractivity contribution in [1.82, 2.24) is 4.72 Å². The summed E-state index contributed by atoms with van der Waals surface area (Å²) in [6, 6.07) is 12.2. The molecule has 0 aliphatic carbocycles. The highest BCUT2D eigenvalue weighted by Gasteiger charge is 2.78. The van der Waals surface area contributed by atoms with E-state index in [9.17, 15) is 23.3 Å². The van der Waals surface area contributed by atoms with Crippen molar-refractivity contribution in [2.75, 3.05) is 16.8 Å². The first kappa shape index (κ1) is 25.3. The number of benzene rings is 2. The highest BCUT2D eigenvalue weighted by molar-refractivity contribution is 7.89. The van der Waals surface area contributed by atoms with Crippen LogP contribution < -0.4 is 14.9 Å². The predicted octanol–water partition coefficient (Wildman–Crippen LogP) is 2.77. The lowest BCUT2D eigenvalue weighted by Crippen LogP contribution is -2.61. The largest absolute Gasteiger partial charge is 0.366 e. The van der Waals surface area contributed by atoms with E-state index >= 15 is 0 Å². The Morgan fingerprint density at radius 1 is 1.24 bits per heavy atom. The minimum absolute atomic E-state index is 0.0624. The van der Waals surface area contributed by atoms with Crippen LogP contribution in [0.25, 0.3) is 0 Å². The smallest absolute Gasteiger partial charge is 0.240 e. The van der Waals surface area contributed by atoms with Crippen molar-refractivity contribution in [2.45, 2.75) is 55.1 Å². The number of fused-ring (bicyclic) bond motifs is 2. The Morgan fingerprint density at radius 3 is 2.63 bits per heavy atom. The van der Waals surface area contributed by atoms with E-state index in [0.29, 0.717) is 29.8 Å². The average molecular weight is 557 g/mol. The molecule has 4 aliphatic heterocycles. The second kappa shape index (κ2) is 8.49. The van der Waals surface area contributed by atoms with E-state index in [1.54, 1.807) is 23.1 Å². The molecule has 2 aromatic carbocycles. The van der Waals surface area contributed by atoms with Gasteiger partial charge in [-0.25, -0.2) is 13.1 Å². The van der Waals surface area contributed by atoms with E-state index < -0.39 is 45.3 Å². The van der Waals surface area contributed by atoms with Gasteiger partial charge >= 0.3 is 0 Å². The zero-order chi connectivity index (χ0) is 27.0. The molecule has 0 radical (unpaired) electrons. The van der Waals surface area contributed by atoms with Gasteiger partial charge in [0.25, 0.3) is 0 Å². The minimum Gasteiger partial charge on any atom is -0.366 e. The molecule has 6 rings (SSSR count). The molecule has 0 unspecified atom stereocenters. The molecule has 0 aromatic heterocycles. The summed E-state index contributed by atoms with van der Waals surface area (Å²) in [4.78, 5) is 26.7. The molecule has 2 N–H and O–H groups in total. The van der Waals surface area contributed by atoms with E-state index in [0.717, 1.165) is 0 Å². The SMILES string of the molecule is CC(=O)Nc1ccc(S(=O)(=O)N[C@H]2C[C@@]3(C)O[C@@]24CCO[C@H]2[C@@H]4[C@@H]3C(=O)N2c2ccc(C#N)c(Cl)c2)cc1. The van der Waals surface area contributed by atoms with Gasteiger partial charge in [0.15, 0.2) is 0 Å². The Morgan fingerprint density at radius 2 is 1.97 bits per heavy atom. The average Bonchev–Trinajstić information content (AvgIpc) is 3.42. The lowest BCUT2D eigenvalue weighted by atomic mass is 9.64. The van der Waals surface area contributed by atoms with E-state index in [1.165, 1.54) is 31.2 Å². The number of carbonyl (C=O) groups is 2. The van der Waals surface area contributed by atoms with Crippen molar-refractivity contribution in [3.63, 3.8) is 0 Å². The summed E-state index contributed by atoms with van der Waals surface area (Å²) >= 11 is 6.27. The van der Waals surface area contributed by atoms with Crippen LogP contribution in [0.4, 0.5) is 11.4 Å². The molecular formula is C26H25ClN4O6S. The van der Waals surface area contributed by atoms with Crippen LogP contribution in [0.5, 0.6) is 0 Å². The molecule has 4 fully saturated rings. The molecule has 4 saturated heterocycles. The molecule has 2 bridgehead atoms. The Kier molecular flexibility index (Phi) is 5.65. The first-order valence-corrected chi connectivity index (χ1v) is 14.1. The number of hydrogen-bond acceptors (Lipinski definition) is 7. The number of hydrogen-bond donors (Lipinski definition) is 2. The fraction of sp³-hybridized carbons (Fsp3) is 0.423. The highest BCUT2D eigenvalue weighted by atomic mass is 35.5. The minimum atomic E-state index is -3.93. The van der Waals surface area contributed by atoms with Crippen LogP contribution in [-0.4, -0.2) is 50.3 Å². The molecule has 4 aliphatic rings. The molecule has 198 valence electrons. The van der Waals surface area contributed by atoms with Crippen molar-refractivity contribution in [3.8, 4) is 6.07 Å². The summed E-state index contributed by atoms with van der Waals surface area (Å²) in [7, 11) is -3.93. The fourth-order valence-corrected chi connectivity index (χ4v) is 8.28. The normalized spacial score (nSPS) is 33.2. The van der Waals surface area contributed by atoms with Gasteiger partial charge in [-0.3, -0.25) is 14.5 Å². The van der Waals surface area contributed by atoms with Crippen LogP contribution in [0.2, 0.25) is 5.02 Å². The number of carbonyl (C=O) groups excluding carboxylic acids is 2. The number of nitrogens with one attached hydrogen (secondary N) is 2. The van der Waals surface area contributed by atoms with Gasteiger partial charge in [0.05, 0.1) is 45.3 Å².